The predicted molar refractivity (Wildman–Crippen MR) is 99.8 cm³/mol. The molecule has 1 aromatic carbocycles. The maximum absolute atomic E-state index is 12.5. The molecule has 2 heterocycles. The fourth-order valence-corrected chi connectivity index (χ4v) is 2.78. The van der Waals surface area contributed by atoms with Gasteiger partial charge in [-0.05, 0) is 50.6 Å². The van der Waals surface area contributed by atoms with Crippen molar-refractivity contribution in [3.63, 3.8) is 0 Å². The van der Waals surface area contributed by atoms with E-state index >= 15 is 0 Å². The molecule has 6 heteroatoms. The Bertz CT molecular complexity index is 902. The van der Waals surface area contributed by atoms with Crippen molar-refractivity contribution in [1.29, 1.82) is 0 Å². The first kappa shape index (κ1) is 17.0. The summed E-state index contributed by atoms with van der Waals surface area (Å²) in [6, 6.07) is 9.51. The van der Waals surface area contributed by atoms with Gasteiger partial charge >= 0.3 is 6.03 Å². The zero-order chi connectivity index (χ0) is 18.0. The zero-order valence-corrected chi connectivity index (χ0v) is 15.0. The molecule has 2 amide bonds. The van der Waals surface area contributed by atoms with E-state index in [0.29, 0.717) is 0 Å². The smallest absolute Gasteiger partial charge is 0.321 e. The van der Waals surface area contributed by atoms with Crippen LogP contribution in [0, 0.1) is 13.8 Å². The zero-order valence-electron chi connectivity index (χ0n) is 15.0. The number of nitrogens with one attached hydrogen (secondary N) is 2. The van der Waals surface area contributed by atoms with Gasteiger partial charge in [-0.2, -0.15) is 0 Å². The number of hydrogen-bond acceptors (Lipinski definition) is 3. The van der Waals surface area contributed by atoms with Crippen LogP contribution in [-0.2, 0) is 6.42 Å². The third-order valence-electron chi connectivity index (χ3n) is 4.44. The molecule has 1 atom stereocenters. The van der Waals surface area contributed by atoms with E-state index in [0.717, 1.165) is 40.2 Å². The summed E-state index contributed by atoms with van der Waals surface area (Å²) in [6.45, 7) is 5.97. The molecule has 0 saturated heterocycles. The normalized spacial score (nSPS) is 12.2. The molecule has 25 heavy (non-hydrogen) atoms. The van der Waals surface area contributed by atoms with Gasteiger partial charge in [-0.15, -0.1) is 0 Å². The van der Waals surface area contributed by atoms with Gasteiger partial charge in [0, 0.05) is 37.1 Å². The van der Waals surface area contributed by atoms with Crippen molar-refractivity contribution < 1.29 is 4.79 Å². The Hall–Kier alpha value is -2.89. The molecule has 0 radical (unpaired) electrons. The Morgan fingerprint density at radius 3 is 2.88 bits per heavy atom. The van der Waals surface area contributed by atoms with E-state index < -0.39 is 0 Å². The highest BCUT2D eigenvalue weighted by Crippen LogP contribution is 2.18. The third kappa shape index (κ3) is 3.79. The van der Waals surface area contributed by atoms with Crippen molar-refractivity contribution in [3.05, 3.63) is 53.6 Å². The SMILES string of the molecule is Cc1nc2ccc(NC(=O)N(C)[C@@H](C)Cc3ncccc3C)cc2[nH]1. The van der Waals surface area contributed by atoms with Crippen LogP contribution in [0.2, 0.25) is 0 Å². The summed E-state index contributed by atoms with van der Waals surface area (Å²) in [7, 11) is 1.80. The standard InChI is InChI=1S/C19H23N5O/c1-12-6-5-9-20-17(12)10-13(2)24(4)19(25)23-15-7-8-16-18(11-15)22-14(3)21-16/h5-9,11,13H,10H2,1-4H3,(H,21,22)(H,23,25)/t13-/m0/s1. The number of fused-ring (bicyclic) bond motifs is 1. The average Bonchev–Trinajstić information content (AvgIpc) is 2.95. The van der Waals surface area contributed by atoms with E-state index in [9.17, 15) is 4.79 Å². The van der Waals surface area contributed by atoms with Gasteiger partial charge in [0.05, 0.1) is 11.0 Å². The van der Waals surface area contributed by atoms with Crippen molar-refractivity contribution in [3.8, 4) is 0 Å². The number of rotatable bonds is 4. The number of carbonyl (C=O) groups is 1. The van der Waals surface area contributed by atoms with Crippen LogP contribution in [0.15, 0.2) is 36.5 Å². The monoisotopic (exact) mass is 337 g/mol. The maximum atomic E-state index is 12.5. The molecule has 0 unspecified atom stereocenters. The number of aromatic nitrogens is 3. The van der Waals surface area contributed by atoms with Crippen molar-refractivity contribution in [2.24, 2.45) is 0 Å². The number of H-pyrrole nitrogens is 1. The van der Waals surface area contributed by atoms with Crippen LogP contribution in [0.4, 0.5) is 10.5 Å². The van der Waals surface area contributed by atoms with E-state index in [2.05, 4.69) is 20.3 Å². The van der Waals surface area contributed by atoms with Gasteiger partial charge in [-0.3, -0.25) is 4.98 Å². The summed E-state index contributed by atoms with van der Waals surface area (Å²) >= 11 is 0. The average molecular weight is 337 g/mol. The minimum atomic E-state index is -0.142. The number of hydrogen-bond donors (Lipinski definition) is 2. The van der Waals surface area contributed by atoms with Crippen LogP contribution < -0.4 is 5.32 Å². The van der Waals surface area contributed by atoms with Crippen molar-refractivity contribution >= 4 is 22.8 Å². The number of aromatic amines is 1. The van der Waals surface area contributed by atoms with Gasteiger partial charge in [0.15, 0.2) is 0 Å². The van der Waals surface area contributed by atoms with E-state index in [4.69, 9.17) is 0 Å². The number of pyridine rings is 1. The molecule has 0 spiro atoms. The second-order valence-corrected chi connectivity index (χ2v) is 6.42. The minimum absolute atomic E-state index is 0.0340. The Balaban J connectivity index is 1.67. The number of nitrogens with zero attached hydrogens (tertiary/aromatic N) is 3. The largest absolute Gasteiger partial charge is 0.342 e. The first-order valence-electron chi connectivity index (χ1n) is 8.34. The number of anilines is 1. The number of amides is 2. The first-order valence-corrected chi connectivity index (χ1v) is 8.34. The number of likely N-dealkylation sites (N-methyl/N-ethyl adjacent to an activating group) is 1. The van der Waals surface area contributed by atoms with Gasteiger partial charge in [-0.25, -0.2) is 9.78 Å². The fraction of sp³-hybridized carbons (Fsp3) is 0.316. The minimum Gasteiger partial charge on any atom is -0.342 e. The van der Waals surface area contributed by atoms with Crippen molar-refractivity contribution in [2.75, 3.05) is 12.4 Å². The lowest BCUT2D eigenvalue weighted by Crippen LogP contribution is -2.39. The predicted octanol–water partition coefficient (Wildman–Crippen LogP) is 3.67. The summed E-state index contributed by atoms with van der Waals surface area (Å²) in [6.07, 6.45) is 2.51. The summed E-state index contributed by atoms with van der Waals surface area (Å²) < 4.78 is 0. The Labute approximate surface area is 147 Å². The van der Waals surface area contributed by atoms with Crippen LogP contribution in [0.5, 0.6) is 0 Å². The molecule has 0 fully saturated rings. The lowest BCUT2D eigenvalue weighted by Gasteiger charge is -2.25. The molecule has 130 valence electrons. The Morgan fingerprint density at radius 2 is 2.12 bits per heavy atom. The second kappa shape index (κ2) is 6.93. The van der Waals surface area contributed by atoms with Gasteiger partial charge < -0.3 is 15.2 Å². The number of imidazole rings is 1. The van der Waals surface area contributed by atoms with Crippen LogP contribution in [0.1, 0.15) is 24.0 Å². The number of benzene rings is 1. The molecular weight excluding hydrogens is 314 g/mol. The highest BCUT2D eigenvalue weighted by atomic mass is 16.2. The van der Waals surface area contributed by atoms with Crippen LogP contribution in [0.3, 0.4) is 0 Å². The highest BCUT2D eigenvalue weighted by molar-refractivity contribution is 5.92. The van der Waals surface area contributed by atoms with Crippen LogP contribution >= 0.6 is 0 Å². The molecule has 0 saturated carbocycles. The van der Waals surface area contributed by atoms with Gasteiger partial charge in [0.25, 0.3) is 0 Å². The molecule has 3 aromatic rings. The molecule has 0 aliphatic heterocycles. The van der Waals surface area contributed by atoms with E-state index in [1.54, 1.807) is 18.1 Å². The molecule has 0 bridgehead atoms. The van der Waals surface area contributed by atoms with Gasteiger partial charge in [-0.1, -0.05) is 6.07 Å². The van der Waals surface area contributed by atoms with Crippen LogP contribution in [0.25, 0.3) is 11.0 Å². The molecule has 0 aliphatic rings. The Kier molecular flexibility index (Phi) is 4.70. The maximum Gasteiger partial charge on any atom is 0.321 e. The summed E-state index contributed by atoms with van der Waals surface area (Å²) in [5.74, 6) is 0.856. The molecule has 3 rings (SSSR count). The number of urea groups is 1. The number of carbonyl (C=O) groups excluding carboxylic acids is 1. The summed E-state index contributed by atoms with van der Waals surface area (Å²) in [5.41, 5.74) is 4.71. The third-order valence-corrected chi connectivity index (χ3v) is 4.44. The molecular formula is C19H23N5O. The topological polar surface area (TPSA) is 73.9 Å². The second-order valence-electron chi connectivity index (χ2n) is 6.42. The molecule has 2 aromatic heterocycles. The fourth-order valence-electron chi connectivity index (χ4n) is 2.78. The summed E-state index contributed by atoms with van der Waals surface area (Å²) in [4.78, 5) is 26.2. The first-order chi connectivity index (χ1) is 11.9. The van der Waals surface area contributed by atoms with Crippen molar-refractivity contribution in [2.45, 2.75) is 33.2 Å². The van der Waals surface area contributed by atoms with Gasteiger partial charge in [0.2, 0.25) is 0 Å². The highest BCUT2D eigenvalue weighted by Gasteiger charge is 2.17. The molecule has 0 aliphatic carbocycles. The van der Waals surface area contributed by atoms with Crippen LogP contribution in [-0.4, -0.2) is 39.0 Å². The summed E-state index contributed by atoms with van der Waals surface area (Å²) in [5, 5.41) is 2.94. The lowest BCUT2D eigenvalue weighted by molar-refractivity contribution is 0.207. The quantitative estimate of drug-likeness (QED) is 0.763. The lowest BCUT2D eigenvalue weighted by atomic mass is 10.1. The number of aryl methyl sites for hydroxylation is 2. The van der Waals surface area contributed by atoms with E-state index in [-0.39, 0.29) is 12.1 Å². The van der Waals surface area contributed by atoms with Crippen molar-refractivity contribution in [1.82, 2.24) is 19.9 Å². The van der Waals surface area contributed by atoms with E-state index in [1.807, 2.05) is 51.1 Å². The van der Waals surface area contributed by atoms with Gasteiger partial charge in [0.1, 0.15) is 5.82 Å². The molecule has 6 nitrogen and oxygen atoms in total. The van der Waals surface area contributed by atoms with E-state index in [1.165, 1.54) is 0 Å². The molecule has 2 N–H and O–H groups in total. The Morgan fingerprint density at radius 1 is 1.32 bits per heavy atom.